The van der Waals surface area contributed by atoms with E-state index in [2.05, 4.69) is 65.0 Å². The first kappa shape index (κ1) is 24.2. The monoisotopic (exact) mass is 488 g/mol. The van der Waals surface area contributed by atoms with Crippen LogP contribution in [0.1, 0.15) is 31.2 Å². The van der Waals surface area contributed by atoms with Crippen LogP contribution in [0.2, 0.25) is 0 Å². The number of ether oxygens (including phenoxy) is 1. The number of nitrogens with one attached hydrogen (secondary N) is 2. The topological polar surface area (TPSA) is 48.9 Å². The first-order valence-corrected chi connectivity index (χ1v) is 9.72. The lowest BCUT2D eigenvalue weighted by Crippen LogP contribution is -2.50. The third-order valence-corrected chi connectivity index (χ3v) is 5.65. The van der Waals surface area contributed by atoms with Crippen LogP contribution in [0.4, 0.5) is 0 Å². The Morgan fingerprint density at radius 1 is 1.22 bits per heavy atom. The molecule has 6 heteroatoms. The average Bonchev–Trinajstić information content (AvgIpc) is 2.62. The summed E-state index contributed by atoms with van der Waals surface area (Å²) in [6.45, 7) is 2.68. The van der Waals surface area contributed by atoms with Crippen LogP contribution in [0, 0.1) is 5.41 Å². The maximum absolute atomic E-state index is 5.29. The second-order valence-electron chi connectivity index (χ2n) is 7.71. The minimum atomic E-state index is 0. The van der Waals surface area contributed by atoms with Gasteiger partial charge in [-0.05, 0) is 50.8 Å². The molecule has 0 radical (unpaired) electrons. The zero-order valence-electron chi connectivity index (χ0n) is 17.3. The first-order valence-electron chi connectivity index (χ1n) is 9.72. The van der Waals surface area contributed by atoms with Gasteiger partial charge in [0.25, 0.3) is 0 Å². The van der Waals surface area contributed by atoms with Gasteiger partial charge in [-0.1, -0.05) is 36.8 Å². The lowest BCUT2D eigenvalue weighted by Gasteiger charge is -2.42. The van der Waals surface area contributed by atoms with Crippen LogP contribution in [-0.2, 0) is 11.2 Å². The molecule has 1 saturated carbocycles. The summed E-state index contributed by atoms with van der Waals surface area (Å²) in [6.07, 6.45) is 6.05. The number of hydrogen-bond donors (Lipinski definition) is 2. The largest absolute Gasteiger partial charge is 0.385 e. The molecule has 0 aromatic heterocycles. The quantitative estimate of drug-likeness (QED) is 0.302. The van der Waals surface area contributed by atoms with Gasteiger partial charge in [0.15, 0.2) is 5.96 Å². The first-order chi connectivity index (χ1) is 12.6. The zero-order valence-corrected chi connectivity index (χ0v) is 19.7. The highest BCUT2D eigenvalue weighted by Gasteiger charge is 2.36. The van der Waals surface area contributed by atoms with Crippen molar-refractivity contribution in [2.75, 3.05) is 47.9 Å². The summed E-state index contributed by atoms with van der Waals surface area (Å²) in [4.78, 5) is 6.69. The van der Waals surface area contributed by atoms with E-state index < -0.39 is 0 Å². The summed E-state index contributed by atoms with van der Waals surface area (Å²) in [5, 5.41) is 7.06. The van der Waals surface area contributed by atoms with Gasteiger partial charge in [0.1, 0.15) is 0 Å². The van der Waals surface area contributed by atoms with Crippen LogP contribution < -0.4 is 10.6 Å². The summed E-state index contributed by atoms with van der Waals surface area (Å²) in [6, 6.07) is 11.1. The molecule has 1 unspecified atom stereocenters. The summed E-state index contributed by atoms with van der Waals surface area (Å²) in [5.74, 6) is 0.897. The fraction of sp³-hybridized carbons (Fsp3) is 0.667. The fourth-order valence-corrected chi connectivity index (χ4v) is 3.54. The lowest BCUT2D eigenvalue weighted by molar-refractivity contribution is 0.0732. The molecule has 0 amide bonds. The summed E-state index contributed by atoms with van der Waals surface area (Å²) in [5.41, 5.74) is 1.75. The maximum Gasteiger partial charge on any atom is 0.191 e. The second kappa shape index (κ2) is 12.6. The minimum Gasteiger partial charge on any atom is -0.385 e. The second-order valence-corrected chi connectivity index (χ2v) is 7.71. The van der Waals surface area contributed by atoms with Crippen molar-refractivity contribution in [3.05, 3.63) is 35.9 Å². The van der Waals surface area contributed by atoms with Crippen molar-refractivity contribution in [3.63, 3.8) is 0 Å². The molecule has 0 saturated heterocycles. The molecule has 0 spiro atoms. The van der Waals surface area contributed by atoms with E-state index in [-0.39, 0.29) is 24.0 Å². The van der Waals surface area contributed by atoms with Crippen molar-refractivity contribution in [2.24, 2.45) is 10.4 Å². The minimum absolute atomic E-state index is 0. The van der Waals surface area contributed by atoms with Gasteiger partial charge in [-0.15, -0.1) is 24.0 Å². The molecule has 0 heterocycles. The highest BCUT2D eigenvalue weighted by Crippen LogP contribution is 2.43. The number of aliphatic imine (C=N–C) groups is 1. The van der Waals surface area contributed by atoms with Gasteiger partial charge in [0, 0.05) is 39.9 Å². The Balaban J connectivity index is 0.00000364. The smallest absolute Gasteiger partial charge is 0.191 e. The van der Waals surface area contributed by atoms with E-state index in [1.54, 1.807) is 7.11 Å². The molecule has 1 aromatic rings. The normalized spacial score (nSPS) is 17.0. The van der Waals surface area contributed by atoms with Crippen molar-refractivity contribution in [1.29, 1.82) is 0 Å². The van der Waals surface area contributed by atoms with Crippen LogP contribution in [0.25, 0.3) is 0 Å². The Kier molecular flexibility index (Phi) is 11.3. The number of likely N-dealkylation sites (N-methyl/N-ethyl adjacent to an activating group) is 1. The highest BCUT2D eigenvalue weighted by molar-refractivity contribution is 14.0. The third-order valence-electron chi connectivity index (χ3n) is 5.65. The van der Waals surface area contributed by atoms with Gasteiger partial charge in [-0.25, -0.2) is 0 Å². The van der Waals surface area contributed by atoms with Crippen molar-refractivity contribution in [1.82, 2.24) is 15.5 Å². The van der Waals surface area contributed by atoms with Gasteiger partial charge in [0.2, 0.25) is 0 Å². The molecule has 0 bridgehead atoms. The number of hydrogen-bond acceptors (Lipinski definition) is 3. The van der Waals surface area contributed by atoms with Crippen molar-refractivity contribution in [2.45, 2.75) is 38.1 Å². The molecule has 1 aliphatic rings. The molecule has 5 nitrogen and oxygen atoms in total. The van der Waals surface area contributed by atoms with Crippen molar-refractivity contribution < 1.29 is 4.74 Å². The molecule has 1 fully saturated rings. The van der Waals surface area contributed by atoms with Crippen LogP contribution >= 0.6 is 24.0 Å². The maximum atomic E-state index is 5.29. The van der Waals surface area contributed by atoms with Crippen molar-refractivity contribution in [3.8, 4) is 0 Å². The van der Waals surface area contributed by atoms with Crippen LogP contribution in [0.3, 0.4) is 0 Å². The summed E-state index contributed by atoms with van der Waals surface area (Å²) < 4.78 is 5.29. The Labute approximate surface area is 182 Å². The molecule has 154 valence electrons. The van der Waals surface area contributed by atoms with Gasteiger partial charge < -0.3 is 20.3 Å². The predicted molar refractivity (Wildman–Crippen MR) is 125 cm³/mol. The van der Waals surface area contributed by atoms with E-state index in [0.717, 1.165) is 38.5 Å². The molecule has 0 aliphatic heterocycles. The number of benzene rings is 1. The van der Waals surface area contributed by atoms with E-state index in [1.807, 2.05) is 7.05 Å². The van der Waals surface area contributed by atoms with Crippen molar-refractivity contribution >= 4 is 29.9 Å². The Bertz CT molecular complexity index is 546. The van der Waals surface area contributed by atoms with Gasteiger partial charge in [0.05, 0.1) is 0 Å². The molecule has 1 aromatic carbocycles. The van der Waals surface area contributed by atoms with E-state index >= 15 is 0 Å². The fourth-order valence-electron chi connectivity index (χ4n) is 3.54. The van der Waals surface area contributed by atoms with Gasteiger partial charge in [-0.3, -0.25) is 4.99 Å². The Morgan fingerprint density at radius 2 is 1.93 bits per heavy atom. The van der Waals surface area contributed by atoms with Gasteiger partial charge >= 0.3 is 0 Å². The number of halogens is 1. The number of nitrogens with zero attached hydrogens (tertiary/aromatic N) is 2. The molecule has 2 N–H and O–H groups in total. The number of guanidine groups is 1. The summed E-state index contributed by atoms with van der Waals surface area (Å²) in [7, 11) is 7.91. The van der Waals surface area contributed by atoms with Crippen LogP contribution in [0.15, 0.2) is 35.3 Å². The highest BCUT2D eigenvalue weighted by atomic mass is 127. The van der Waals surface area contributed by atoms with E-state index in [0.29, 0.717) is 11.5 Å². The summed E-state index contributed by atoms with van der Waals surface area (Å²) >= 11 is 0. The third kappa shape index (κ3) is 7.95. The predicted octanol–water partition coefficient (Wildman–Crippen LogP) is 3.15. The SMILES string of the molecule is CN=C(NCC(Cc1ccccc1)N(C)C)NCC1(CCOC)CCC1.I. The molecule has 27 heavy (non-hydrogen) atoms. The molecule has 2 rings (SSSR count). The zero-order chi connectivity index (χ0) is 18.8. The molecular formula is C21H37IN4O. The van der Waals surface area contributed by atoms with E-state index in [4.69, 9.17) is 4.74 Å². The van der Waals surface area contributed by atoms with Gasteiger partial charge in [-0.2, -0.15) is 0 Å². The lowest BCUT2D eigenvalue weighted by atomic mass is 9.67. The van der Waals surface area contributed by atoms with Crippen LogP contribution in [-0.4, -0.2) is 64.9 Å². The van der Waals surface area contributed by atoms with Crippen LogP contribution in [0.5, 0.6) is 0 Å². The molecule has 1 atom stereocenters. The molecular weight excluding hydrogens is 451 g/mol. The standard InChI is InChI=1S/C21H36N4O.HI/c1-22-20(24-17-21(11-8-12-21)13-14-26-4)23-16-19(25(2)3)15-18-9-6-5-7-10-18;/h5-7,9-10,19H,8,11-17H2,1-4H3,(H2,22,23,24);1H. The number of methoxy groups -OCH3 is 1. The Morgan fingerprint density at radius 3 is 2.44 bits per heavy atom. The van der Waals surface area contributed by atoms with E-state index in [9.17, 15) is 0 Å². The average molecular weight is 488 g/mol. The van der Waals surface area contributed by atoms with E-state index in [1.165, 1.54) is 24.8 Å². The molecule has 1 aliphatic carbocycles. The Hall–Kier alpha value is -0.860. The number of rotatable bonds is 10.